The van der Waals surface area contributed by atoms with E-state index >= 15 is 0 Å². The van der Waals surface area contributed by atoms with Gasteiger partial charge in [-0.2, -0.15) is 0 Å². The zero-order valence-electron chi connectivity index (χ0n) is 12.1. The van der Waals surface area contributed by atoms with Gasteiger partial charge in [0.1, 0.15) is 0 Å². The number of benzene rings is 1. The molecule has 0 bridgehead atoms. The number of piperidine rings is 1. The average Bonchev–Trinajstić information content (AvgIpc) is 2.42. The summed E-state index contributed by atoms with van der Waals surface area (Å²) in [7, 11) is 0. The van der Waals surface area contributed by atoms with Gasteiger partial charge < -0.3 is 15.7 Å². The Kier molecular flexibility index (Phi) is 4.25. The Bertz CT molecular complexity index is 603. The Labute approximate surface area is 128 Å². The molecule has 3 N–H and O–H groups in total. The number of likely N-dealkylation sites (tertiary alicyclic amines) is 1. The molecule has 1 fully saturated rings. The minimum absolute atomic E-state index is 0.0672. The van der Waals surface area contributed by atoms with E-state index in [-0.39, 0.29) is 18.9 Å². The van der Waals surface area contributed by atoms with Crippen LogP contribution in [0.15, 0.2) is 12.1 Å². The second-order valence-electron chi connectivity index (χ2n) is 5.64. The Morgan fingerprint density at radius 3 is 2.62 bits per heavy atom. The standard InChI is InChI=1S/C15H19ClN2O3/c1-9-7-12(16)10(2)6-11(9)13(19)18-5-3-4-15(21,8-18)14(17)20/h6-7,21H,3-5,8H2,1-2H3,(H2,17,20)/t15-/m0/s1. The molecule has 0 unspecified atom stereocenters. The average molecular weight is 311 g/mol. The smallest absolute Gasteiger partial charge is 0.254 e. The SMILES string of the molecule is Cc1cc(C(=O)N2CCC[C@@](O)(C(N)=O)C2)c(C)cc1Cl. The first kappa shape index (κ1) is 15.8. The maximum atomic E-state index is 12.6. The summed E-state index contributed by atoms with van der Waals surface area (Å²) in [5.74, 6) is -1.00. The molecule has 1 aliphatic rings. The third-order valence-electron chi connectivity index (χ3n) is 3.95. The Balaban J connectivity index is 2.28. The fourth-order valence-corrected chi connectivity index (χ4v) is 2.81. The molecule has 1 aromatic rings. The van der Waals surface area contributed by atoms with E-state index in [9.17, 15) is 14.7 Å². The van der Waals surface area contributed by atoms with E-state index in [2.05, 4.69) is 0 Å². The second kappa shape index (κ2) is 5.66. The topological polar surface area (TPSA) is 83.6 Å². The van der Waals surface area contributed by atoms with Crippen LogP contribution in [0.1, 0.15) is 34.3 Å². The molecule has 21 heavy (non-hydrogen) atoms. The number of nitrogens with zero attached hydrogens (tertiary/aromatic N) is 1. The van der Waals surface area contributed by atoms with Gasteiger partial charge in [0.05, 0.1) is 6.54 Å². The van der Waals surface area contributed by atoms with Crippen molar-refractivity contribution in [2.24, 2.45) is 5.73 Å². The summed E-state index contributed by atoms with van der Waals surface area (Å²) in [6.45, 7) is 4.06. The van der Waals surface area contributed by atoms with Crippen LogP contribution in [0.5, 0.6) is 0 Å². The lowest BCUT2D eigenvalue weighted by atomic mass is 9.91. The van der Waals surface area contributed by atoms with Crippen LogP contribution < -0.4 is 5.73 Å². The Morgan fingerprint density at radius 1 is 1.33 bits per heavy atom. The molecule has 2 rings (SSSR count). The van der Waals surface area contributed by atoms with Gasteiger partial charge in [0, 0.05) is 17.1 Å². The molecule has 5 nitrogen and oxygen atoms in total. The van der Waals surface area contributed by atoms with Crippen LogP contribution in [-0.2, 0) is 4.79 Å². The van der Waals surface area contributed by atoms with Crippen LogP contribution in [0.2, 0.25) is 5.02 Å². The van der Waals surface area contributed by atoms with E-state index in [1.807, 2.05) is 13.8 Å². The highest BCUT2D eigenvalue weighted by molar-refractivity contribution is 6.31. The lowest BCUT2D eigenvalue weighted by molar-refractivity contribution is -0.140. The fourth-order valence-electron chi connectivity index (χ4n) is 2.59. The number of carbonyl (C=O) groups excluding carboxylic acids is 2. The number of amides is 2. The fraction of sp³-hybridized carbons (Fsp3) is 0.467. The van der Waals surface area contributed by atoms with Crippen LogP contribution in [0.4, 0.5) is 0 Å². The first-order valence-corrected chi connectivity index (χ1v) is 7.21. The number of β-amino-alcohol motifs (C(OH)–C–C–N with tert-alkyl or cyclic N) is 1. The molecule has 0 spiro atoms. The molecular weight excluding hydrogens is 292 g/mol. The molecule has 0 aromatic heterocycles. The van der Waals surface area contributed by atoms with Gasteiger partial charge in [-0.15, -0.1) is 0 Å². The van der Waals surface area contributed by atoms with Gasteiger partial charge in [-0.25, -0.2) is 0 Å². The molecule has 1 heterocycles. The highest BCUT2D eigenvalue weighted by atomic mass is 35.5. The molecule has 0 radical (unpaired) electrons. The highest BCUT2D eigenvalue weighted by Gasteiger charge is 2.40. The minimum Gasteiger partial charge on any atom is -0.378 e. The molecular formula is C15H19ClN2O3. The van der Waals surface area contributed by atoms with Crippen LogP contribution in [0, 0.1) is 13.8 Å². The molecule has 1 aromatic carbocycles. The Morgan fingerprint density at radius 2 is 2.00 bits per heavy atom. The first-order valence-electron chi connectivity index (χ1n) is 6.83. The summed E-state index contributed by atoms with van der Waals surface area (Å²) in [6.07, 6.45) is 0.821. The summed E-state index contributed by atoms with van der Waals surface area (Å²) in [4.78, 5) is 25.5. The highest BCUT2D eigenvalue weighted by Crippen LogP contribution is 2.25. The van der Waals surface area contributed by atoms with Crippen molar-refractivity contribution in [2.75, 3.05) is 13.1 Å². The summed E-state index contributed by atoms with van der Waals surface area (Å²) in [5, 5.41) is 10.8. The number of aliphatic hydroxyl groups is 1. The molecule has 114 valence electrons. The van der Waals surface area contributed by atoms with Crippen molar-refractivity contribution in [2.45, 2.75) is 32.3 Å². The Hall–Kier alpha value is -1.59. The molecule has 6 heteroatoms. The summed E-state index contributed by atoms with van der Waals surface area (Å²) >= 11 is 6.04. The van der Waals surface area contributed by atoms with Crippen molar-refractivity contribution in [1.82, 2.24) is 4.90 Å². The molecule has 1 saturated heterocycles. The number of nitrogens with two attached hydrogens (primary N) is 1. The lowest BCUT2D eigenvalue weighted by Gasteiger charge is -2.37. The van der Waals surface area contributed by atoms with Crippen molar-refractivity contribution in [3.8, 4) is 0 Å². The molecule has 2 amide bonds. The van der Waals surface area contributed by atoms with Crippen LogP contribution in [0.25, 0.3) is 0 Å². The predicted octanol–water partition coefficient (Wildman–Crippen LogP) is 1.41. The molecule has 1 atom stereocenters. The largest absolute Gasteiger partial charge is 0.378 e. The normalized spacial score (nSPS) is 22.2. The molecule has 0 aliphatic carbocycles. The third kappa shape index (κ3) is 3.04. The third-order valence-corrected chi connectivity index (χ3v) is 4.36. The van der Waals surface area contributed by atoms with Crippen LogP contribution in [-0.4, -0.2) is 40.5 Å². The van der Waals surface area contributed by atoms with Gasteiger partial charge in [-0.3, -0.25) is 9.59 Å². The van der Waals surface area contributed by atoms with Gasteiger partial charge in [0.15, 0.2) is 5.60 Å². The number of hydrogen-bond acceptors (Lipinski definition) is 3. The summed E-state index contributed by atoms with van der Waals surface area (Å²) in [6, 6.07) is 3.48. The number of rotatable bonds is 2. The number of halogens is 1. The lowest BCUT2D eigenvalue weighted by Crippen LogP contribution is -2.57. The van der Waals surface area contributed by atoms with E-state index in [1.54, 1.807) is 12.1 Å². The molecule has 0 saturated carbocycles. The van der Waals surface area contributed by atoms with Crippen molar-refractivity contribution in [1.29, 1.82) is 0 Å². The van der Waals surface area contributed by atoms with E-state index in [4.69, 9.17) is 17.3 Å². The van der Waals surface area contributed by atoms with E-state index in [1.165, 1.54) is 4.90 Å². The van der Waals surface area contributed by atoms with Crippen molar-refractivity contribution >= 4 is 23.4 Å². The van der Waals surface area contributed by atoms with Gasteiger partial charge in [0.2, 0.25) is 0 Å². The molecule has 1 aliphatic heterocycles. The van der Waals surface area contributed by atoms with Crippen LogP contribution in [0.3, 0.4) is 0 Å². The van der Waals surface area contributed by atoms with Crippen molar-refractivity contribution in [3.05, 3.63) is 33.8 Å². The van der Waals surface area contributed by atoms with Gasteiger partial charge in [-0.05, 0) is 49.9 Å². The van der Waals surface area contributed by atoms with Gasteiger partial charge in [0.25, 0.3) is 11.8 Å². The number of hydrogen-bond donors (Lipinski definition) is 2. The van der Waals surface area contributed by atoms with E-state index < -0.39 is 11.5 Å². The number of primary amides is 1. The van der Waals surface area contributed by atoms with E-state index in [0.717, 1.165) is 11.1 Å². The zero-order valence-corrected chi connectivity index (χ0v) is 12.9. The maximum Gasteiger partial charge on any atom is 0.254 e. The predicted molar refractivity (Wildman–Crippen MR) is 80.2 cm³/mol. The van der Waals surface area contributed by atoms with Gasteiger partial charge in [-0.1, -0.05) is 11.6 Å². The first-order chi connectivity index (χ1) is 9.74. The van der Waals surface area contributed by atoms with Crippen molar-refractivity contribution in [3.63, 3.8) is 0 Å². The minimum atomic E-state index is -1.64. The zero-order chi connectivity index (χ0) is 15.8. The summed E-state index contributed by atoms with van der Waals surface area (Å²) in [5.41, 5.74) is 5.71. The van der Waals surface area contributed by atoms with Gasteiger partial charge >= 0.3 is 0 Å². The number of aryl methyl sites for hydroxylation is 2. The maximum absolute atomic E-state index is 12.6. The number of carbonyl (C=O) groups is 2. The summed E-state index contributed by atoms with van der Waals surface area (Å²) < 4.78 is 0. The van der Waals surface area contributed by atoms with E-state index in [0.29, 0.717) is 23.6 Å². The van der Waals surface area contributed by atoms with Crippen molar-refractivity contribution < 1.29 is 14.7 Å². The van der Waals surface area contributed by atoms with Crippen LogP contribution >= 0.6 is 11.6 Å². The quantitative estimate of drug-likeness (QED) is 0.866. The second-order valence-corrected chi connectivity index (χ2v) is 6.05. The monoisotopic (exact) mass is 310 g/mol.